The van der Waals surface area contributed by atoms with Crippen LogP contribution in [0.3, 0.4) is 0 Å². The Morgan fingerprint density at radius 3 is 2.65 bits per heavy atom. The minimum atomic E-state index is 0.463. The molecular formula is C20H16ClN3O2. The lowest BCUT2D eigenvalue weighted by atomic mass is 10.1. The summed E-state index contributed by atoms with van der Waals surface area (Å²) in [5.41, 5.74) is 3.74. The van der Waals surface area contributed by atoms with Crippen LogP contribution in [0.2, 0.25) is 5.02 Å². The molecule has 130 valence electrons. The maximum Gasteiger partial charge on any atom is 0.237 e. The van der Waals surface area contributed by atoms with E-state index >= 15 is 0 Å². The molecule has 0 N–H and O–H groups in total. The van der Waals surface area contributed by atoms with E-state index in [1.807, 2.05) is 43.3 Å². The molecule has 0 aliphatic heterocycles. The number of nitrogens with zero attached hydrogens (tertiary/aromatic N) is 3. The highest BCUT2D eigenvalue weighted by Gasteiger charge is 2.12. The van der Waals surface area contributed by atoms with E-state index in [0.717, 1.165) is 28.2 Å². The van der Waals surface area contributed by atoms with Crippen LogP contribution < -0.4 is 9.47 Å². The molecule has 0 amide bonds. The number of hydrogen-bond acceptors (Lipinski definition) is 4. The number of aryl methyl sites for hydroxylation is 1. The van der Waals surface area contributed by atoms with Gasteiger partial charge in [0.25, 0.3) is 0 Å². The third-order valence-electron chi connectivity index (χ3n) is 4.07. The molecule has 0 spiro atoms. The molecule has 0 radical (unpaired) electrons. The molecule has 2 aromatic carbocycles. The molecule has 2 heterocycles. The van der Waals surface area contributed by atoms with Gasteiger partial charge in [-0.1, -0.05) is 17.7 Å². The van der Waals surface area contributed by atoms with Crippen molar-refractivity contribution in [3.05, 3.63) is 71.4 Å². The maximum atomic E-state index is 6.01. The van der Waals surface area contributed by atoms with Crippen LogP contribution in [0.5, 0.6) is 17.4 Å². The number of methoxy groups -OCH3 is 1. The first-order valence-corrected chi connectivity index (χ1v) is 8.45. The molecule has 2 aromatic heterocycles. The fraction of sp³-hybridized carbons (Fsp3) is 0.100. The van der Waals surface area contributed by atoms with E-state index in [0.29, 0.717) is 16.7 Å². The molecule has 0 bridgehead atoms. The molecular weight excluding hydrogens is 350 g/mol. The average molecular weight is 366 g/mol. The molecule has 0 saturated carbocycles. The molecule has 6 heteroatoms. The van der Waals surface area contributed by atoms with E-state index in [1.54, 1.807) is 36.0 Å². The SMILES string of the molecule is COc1ccc(-c2cnc3ccc(Oc4cccc(Cl)c4)nn23)c(C)c1. The first kappa shape index (κ1) is 16.4. The lowest BCUT2D eigenvalue weighted by Gasteiger charge is -2.09. The van der Waals surface area contributed by atoms with Gasteiger partial charge in [0.15, 0.2) is 5.65 Å². The fourth-order valence-electron chi connectivity index (χ4n) is 2.80. The van der Waals surface area contributed by atoms with Crippen LogP contribution in [0.15, 0.2) is 60.8 Å². The number of imidazole rings is 1. The summed E-state index contributed by atoms with van der Waals surface area (Å²) in [6, 6.07) is 16.8. The number of fused-ring (bicyclic) bond motifs is 1. The van der Waals surface area contributed by atoms with Gasteiger partial charge in [0.05, 0.1) is 19.0 Å². The smallest absolute Gasteiger partial charge is 0.237 e. The van der Waals surface area contributed by atoms with E-state index in [9.17, 15) is 0 Å². The Hall–Kier alpha value is -3.05. The molecule has 0 aliphatic carbocycles. The topological polar surface area (TPSA) is 48.7 Å². The summed E-state index contributed by atoms with van der Waals surface area (Å²) >= 11 is 6.01. The predicted molar refractivity (Wildman–Crippen MR) is 101 cm³/mol. The minimum absolute atomic E-state index is 0.463. The first-order chi connectivity index (χ1) is 12.6. The summed E-state index contributed by atoms with van der Waals surface area (Å²) in [5.74, 6) is 1.91. The second-order valence-corrected chi connectivity index (χ2v) is 6.26. The van der Waals surface area contributed by atoms with Crippen molar-refractivity contribution in [2.45, 2.75) is 6.92 Å². The van der Waals surface area contributed by atoms with Crippen LogP contribution in [0.25, 0.3) is 16.9 Å². The standard InChI is InChI=1S/C20H16ClN3O2/c1-13-10-15(25-2)6-7-17(13)18-12-22-19-8-9-20(23-24(18)19)26-16-5-3-4-14(21)11-16/h3-12H,1-2H3. The molecule has 0 saturated heterocycles. The highest BCUT2D eigenvalue weighted by molar-refractivity contribution is 6.30. The molecule has 0 aliphatic rings. The average Bonchev–Trinajstić information content (AvgIpc) is 3.04. The number of rotatable bonds is 4. The van der Waals surface area contributed by atoms with E-state index in [2.05, 4.69) is 10.1 Å². The lowest BCUT2D eigenvalue weighted by molar-refractivity contribution is 0.414. The summed E-state index contributed by atoms with van der Waals surface area (Å²) < 4.78 is 12.9. The Morgan fingerprint density at radius 2 is 1.88 bits per heavy atom. The van der Waals surface area contributed by atoms with Crippen molar-refractivity contribution >= 4 is 17.2 Å². The zero-order valence-corrected chi connectivity index (χ0v) is 15.1. The zero-order valence-electron chi connectivity index (χ0n) is 14.3. The summed E-state index contributed by atoms with van der Waals surface area (Å²) in [7, 11) is 1.66. The quantitative estimate of drug-likeness (QED) is 0.501. The van der Waals surface area contributed by atoms with Crippen molar-refractivity contribution in [3.63, 3.8) is 0 Å². The van der Waals surface area contributed by atoms with Crippen LogP contribution >= 0.6 is 11.6 Å². The van der Waals surface area contributed by atoms with Crippen LogP contribution in [0, 0.1) is 6.92 Å². The zero-order chi connectivity index (χ0) is 18.1. The highest BCUT2D eigenvalue weighted by Crippen LogP contribution is 2.28. The van der Waals surface area contributed by atoms with Gasteiger partial charge in [-0.25, -0.2) is 9.50 Å². The molecule has 4 aromatic rings. The van der Waals surface area contributed by atoms with E-state index in [-0.39, 0.29) is 0 Å². The number of aromatic nitrogens is 3. The monoisotopic (exact) mass is 365 g/mol. The maximum absolute atomic E-state index is 6.01. The second kappa shape index (κ2) is 6.69. The van der Waals surface area contributed by atoms with E-state index < -0.39 is 0 Å². The van der Waals surface area contributed by atoms with Crippen molar-refractivity contribution in [3.8, 4) is 28.6 Å². The third kappa shape index (κ3) is 3.09. The lowest BCUT2D eigenvalue weighted by Crippen LogP contribution is -1.98. The molecule has 26 heavy (non-hydrogen) atoms. The summed E-state index contributed by atoms with van der Waals surface area (Å²) in [6.45, 7) is 2.03. The molecule has 4 rings (SSSR count). The molecule has 0 fully saturated rings. The van der Waals surface area contributed by atoms with Crippen LogP contribution in [0.1, 0.15) is 5.56 Å². The Morgan fingerprint density at radius 1 is 1.00 bits per heavy atom. The largest absolute Gasteiger partial charge is 0.497 e. The first-order valence-electron chi connectivity index (χ1n) is 8.07. The van der Waals surface area contributed by atoms with Crippen molar-refractivity contribution in [2.24, 2.45) is 0 Å². The predicted octanol–water partition coefficient (Wildman–Crippen LogP) is 5.16. The fourth-order valence-corrected chi connectivity index (χ4v) is 2.98. The minimum Gasteiger partial charge on any atom is -0.497 e. The number of halogens is 1. The van der Waals surface area contributed by atoms with Crippen molar-refractivity contribution < 1.29 is 9.47 Å². The van der Waals surface area contributed by atoms with Gasteiger partial charge in [0.2, 0.25) is 5.88 Å². The van der Waals surface area contributed by atoms with Gasteiger partial charge < -0.3 is 9.47 Å². The second-order valence-electron chi connectivity index (χ2n) is 5.83. The van der Waals surface area contributed by atoms with Crippen LogP contribution in [-0.4, -0.2) is 21.7 Å². The summed E-state index contributed by atoms with van der Waals surface area (Å²) in [5, 5.41) is 5.19. The molecule has 5 nitrogen and oxygen atoms in total. The summed E-state index contributed by atoms with van der Waals surface area (Å²) in [6.07, 6.45) is 1.81. The van der Waals surface area contributed by atoms with Gasteiger partial charge in [-0.15, -0.1) is 5.10 Å². The van der Waals surface area contributed by atoms with E-state index in [1.165, 1.54) is 0 Å². The van der Waals surface area contributed by atoms with Gasteiger partial charge in [-0.3, -0.25) is 0 Å². The van der Waals surface area contributed by atoms with Crippen LogP contribution in [-0.2, 0) is 0 Å². The van der Waals surface area contributed by atoms with Crippen LogP contribution in [0.4, 0.5) is 0 Å². The van der Waals surface area contributed by atoms with Gasteiger partial charge in [-0.05, 0) is 55.0 Å². The highest BCUT2D eigenvalue weighted by atomic mass is 35.5. The van der Waals surface area contributed by atoms with Gasteiger partial charge >= 0.3 is 0 Å². The van der Waals surface area contributed by atoms with Gasteiger partial charge in [-0.2, -0.15) is 0 Å². The number of ether oxygens (including phenoxy) is 2. The Balaban J connectivity index is 1.75. The van der Waals surface area contributed by atoms with Gasteiger partial charge in [0.1, 0.15) is 11.5 Å². The van der Waals surface area contributed by atoms with Gasteiger partial charge in [0, 0.05) is 16.7 Å². The molecule has 0 atom stereocenters. The normalized spacial score (nSPS) is 10.9. The Kier molecular flexibility index (Phi) is 4.22. The number of benzene rings is 2. The number of hydrogen-bond donors (Lipinski definition) is 0. The molecule has 0 unspecified atom stereocenters. The van der Waals surface area contributed by atoms with Crippen molar-refractivity contribution in [1.82, 2.24) is 14.6 Å². The third-order valence-corrected chi connectivity index (χ3v) is 4.30. The van der Waals surface area contributed by atoms with E-state index in [4.69, 9.17) is 21.1 Å². The summed E-state index contributed by atoms with van der Waals surface area (Å²) in [4.78, 5) is 4.43. The van der Waals surface area contributed by atoms with Crippen molar-refractivity contribution in [1.29, 1.82) is 0 Å². The van der Waals surface area contributed by atoms with Crippen molar-refractivity contribution in [2.75, 3.05) is 7.11 Å². The Bertz CT molecular complexity index is 1090. The Labute approximate surface area is 155 Å².